The second-order valence-corrected chi connectivity index (χ2v) is 8.66. The van der Waals surface area contributed by atoms with E-state index in [0.29, 0.717) is 21.6 Å². The molecule has 31 heavy (non-hydrogen) atoms. The second-order valence-electron chi connectivity index (χ2n) is 7.34. The Morgan fingerprint density at radius 2 is 1.84 bits per heavy atom. The highest BCUT2D eigenvalue weighted by atomic mass is 79.9. The first-order chi connectivity index (χ1) is 14.9. The molecule has 5 nitrogen and oxygen atoms in total. The van der Waals surface area contributed by atoms with Gasteiger partial charge in [-0.3, -0.25) is 9.59 Å². The fraction of sp³-hybridized carbons (Fsp3) is 0.0833. The summed E-state index contributed by atoms with van der Waals surface area (Å²) in [6.07, 6.45) is 0. The maximum Gasteiger partial charge on any atom is 0.291 e. The van der Waals surface area contributed by atoms with E-state index in [2.05, 4.69) is 15.9 Å². The third kappa shape index (κ3) is 3.32. The Morgan fingerprint density at radius 3 is 2.61 bits per heavy atom. The lowest BCUT2D eigenvalue weighted by Gasteiger charge is -2.25. The molecule has 2 heterocycles. The van der Waals surface area contributed by atoms with Crippen molar-refractivity contribution in [2.45, 2.75) is 12.6 Å². The molecule has 0 saturated heterocycles. The average molecular weight is 497 g/mol. The Bertz CT molecular complexity index is 1410. The summed E-state index contributed by atoms with van der Waals surface area (Å²) in [6, 6.07) is 18.2. The number of hydrogen-bond donors (Lipinski definition) is 1. The topological polar surface area (TPSA) is 70.8 Å². The number of fused-ring (bicyclic) bond motifs is 2. The normalized spacial score (nSPS) is 15.5. The molecule has 0 saturated carbocycles. The molecular weight excluding hydrogens is 482 g/mol. The van der Waals surface area contributed by atoms with Crippen LogP contribution in [0, 0.1) is 0 Å². The number of carbonyl (C=O) groups excluding carboxylic acids is 1. The Hall–Kier alpha value is -3.09. The summed E-state index contributed by atoms with van der Waals surface area (Å²) in [7, 11) is 0. The van der Waals surface area contributed by atoms with E-state index >= 15 is 0 Å². The Balaban J connectivity index is 1.75. The van der Waals surface area contributed by atoms with Crippen molar-refractivity contribution in [3.8, 4) is 5.75 Å². The van der Waals surface area contributed by atoms with Gasteiger partial charge in [-0.05, 0) is 47.5 Å². The van der Waals surface area contributed by atoms with Crippen LogP contribution in [0.4, 0.5) is 0 Å². The molecule has 1 aromatic heterocycles. The summed E-state index contributed by atoms with van der Waals surface area (Å²) in [6.45, 7) is 0.183. The number of aromatic hydroxyl groups is 1. The van der Waals surface area contributed by atoms with Gasteiger partial charge >= 0.3 is 0 Å². The Morgan fingerprint density at radius 1 is 1.03 bits per heavy atom. The smallest absolute Gasteiger partial charge is 0.291 e. The summed E-state index contributed by atoms with van der Waals surface area (Å²) in [4.78, 5) is 28.5. The minimum absolute atomic E-state index is 0.0141. The van der Waals surface area contributed by atoms with Crippen molar-refractivity contribution in [3.63, 3.8) is 0 Å². The van der Waals surface area contributed by atoms with Gasteiger partial charge in [0.1, 0.15) is 11.3 Å². The molecule has 5 rings (SSSR count). The SMILES string of the molecule is O=C1c2oc3ccc(Br)cc3c(=O)c2[C@H](c2cccc(O)c2)N1Cc1ccccc1Cl. The third-order valence-corrected chi connectivity index (χ3v) is 6.27. The third-order valence-electron chi connectivity index (χ3n) is 5.41. The van der Waals surface area contributed by atoms with Gasteiger partial charge in [-0.2, -0.15) is 0 Å². The first-order valence-electron chi connectivity index (χ1n) is 9.53. The van der Waals surface area contributed by atoms with Gasteiger partial charge in [-0.25, -0.2) is 0 Å². The highest BCUT2D eigenvalue weighted by Crippen LogP contribution is 2.40. The summed E-state index contributed by atoms with van der Waals surface area (Å²) in [5, 5.41) is 11.0. The van der Waals surface area contributed by atoms with Crippen molar-refractivity contribution < 1.29 is 14.3 Å². The molecule has 1 amide bonds. The predicted molar refractivity (Wildman–Crippen MR) is 121 cm³/mol. The van der Waals surface area contributed by atoms with Gasteiger partial charge < -0.3 is 14.4 Å². The monoisotopic (exact) mass is 495 g/mol. The second kappa shape index (κ2) is 7.55. The van der Waals surface area contributed by atoms with E-state index in [1.165, 1.54) is 0 Å². The van der Waals surface area contributed by atoms with Gasteiger partial charge in [0, 0.05) is 16.0 Å². The van der Waals surface area contributed by atoms with Crippen LogP contribution in [-0.4, -0.2) is 15.9 Å². The summed E-state index contributed by atoms with van der Waals surface area (Å²) in [5.74, 6) is -0.339. The predicted octanol–water partition coefficient (Wildman–Crippen LogP) is 5.66. The largest absolute Gasteiger partial charge is 0.508 e. The van der Waals surface area contributed by atoms with Crippen molar-refractivity contribution in [2.75, 3.05) is 0 Å². The lowest BCUT2D eigenvalue weighted by molar-refractivity contribution is 0.0714. The molecule has 1 aliphatic rings. The van der Waals surface area contributed by atoms with Crippen molar-refractivity contribution in [1.29, 1.82) is 0 Å². The first kappa shape index (κ1) is 19.8. The Labute approximate surface area is 190 Å². The van der Waals surface area contributed by atoms with E-state index in [9.17, 15) is 14.7 Å². The maximum atomic E-state index is 13.5. The first-order valence-corrected chi connectivity index (χ1v) is 10.7. The molecule has 4 aromatic rings. The molecule has 1 atom stereocenters. The van der Waals surface area contributed by atoms with Gasteiger partial charge in [0.25, 0.3) is 5.91 Å². The summed E-state index contributed by atoms with van der Waals surface area (Å²) < 4.78 is 6.66. The fourth-order valence-corrected chi connectivity index (χ4v) is 4.56. The molecule has 0 aliphatic carbocycles. The molecule has 1 aliphatic heterocycles. The zero-order chi connectivity index (χ0) is 21.7. The van der Waals surface area contributed by atoms with Crippen LogP contribution in [0.15, 0.2) is 80.4 Å². The van der Waals surface area contributed by atoms with Gasteiger partial charge in [0.2, 0.25) is 5.76 Å². The van der Waals surface area contributed by atoms with Crippen LogP contribution in [0.5, 0.6) is 5.75 Å². The number of benzene rings is 3. The molecule has 0 radical (unpaired) electrons. The van der Waals surface area contributed by atoms with E-state index in [-0.39, 0.29) is 29.0 Å². The van der Waals surface area contributed by atoms with Gasteiger partial charge in [0.05, 0.1) is 17.0 Å². The zero-order valence-corrected chi connectivity index (χ0v) is 18.4. The molecule has 1 N–H and O–H groups in total. The molecule has 154 valence electrons. The maximum absolute atomic E-state index is 13.5. The number of phenols is 1. The van der Waals surface area contributed by atoms with Crippen LogP contribution < -0.4 is 5.43 Å². The van der Waals surface area contributed by atoms with Crippen molar-refractivity contribution in [2.24, 2.45) is 0 Å². The molecule has 0 unspecified atom stereocenters. The molecule has 0 spiro atoms. The zero-order valence-electron chi connectivity index (χ0n) is 16.0. The highest BCUT2D eigenvalue weighted by Gasteiger charge is 2.43. The van der Waals surface area contributed by atoms with Gasteiger partial charge in [-0.15, -0.1) is 0 Å². The van der Waals surface area contributed by atoms with E-state index < -0.39 is 11.9 Å². The summed E-state index contributed by atoms with van der Waals surface area (Å²) >= 11 is 9.73. The quantitative estimate of drug-likeness (QED) is 0.397. The van der Waals surface area contributed by atoms with Crippen LogP contribution in [0.3, 0.4) is 0 Å². The highest BCUT2D eigenvalue weighted by molar-refractivity contribution is 9.10. The Kier molecular flexibility index (Phi) is 4.84. The number of phenolic OH excluding ortho intramolecular Hbond substituents is 1. The minimum atomic E-state index is -0.717. The minimum Gasteiger partial charge on any atom is -0.508 e. The van der Waals surface area contributed by atoms with Crippen LogP contribution in [0.1, 0.15) is 33.3 Å². The molecule has 0 bridgehead atoms. The van der Waals surface area contributed by atoms with Gasteiger partial charge in [-0.1, -0.05) is 57.9 Å². The van der Waals surface area contributed by atoms with Crippen molar-refractivity contribution >= 4 is 44.4 Å². The number of hydrogen-bond acceptors (Lipinski definition) is 4. The fourth-order valence-electron chi connectivity index (χ4n) is 4.01. The number of amides is 1. The molecule has 3 aromatic carbocycles. The molecule has 7 heteroatoms. The van der Waals surface area contributed by atoms with Crippen LogP contribution in [0.2, 0.25) is 5.02 Å². The lowest BCUT2D eigenvalue weighted by Crippen LogP contribution is -2.29. The van der Waals surface area contributed by atoms with Crippen molar-refractivity contribution in [1.82, 2.24) is 4.90 Å². The van der Waals surface area contributed by atoms with E-state index in [4.69, 9.17) is 16.0 Å². The molecule has 0 fully saturated rings. The lowest BCUT2D eigenvalue weighted by atomic mass is 9.98. The van der Waals surface area contributed by atoms with E-state index in [1.807, 2.05) is 18.2 Å². The molecular formula is C24H15BrClNO4. The summed E-state index contributed by atoms with van der Waals surface area (Å²) in [5.41, 5.74) is 1.68. The number of rotatable bonds is 3. The average Bonchev–Trinajstić information content (AvgIpc) is 3.02. The van der Waals surface area contributed by atoms with Crippen LogP contribution in [-0.2, 0) is 6.54 Å². The van der Waals surface area contributed by atoms with Crippen LogP contribution >= 0.6 is 27.5 Å². The van der Waals surface area contributed by atoms with Crippen molar-refractivity contribution in [3.05, 3.63) is 109 Å². The van der Waals surface area contributed by atoms with Gasteiger partial charge in [0.15, 0.2) is 5.43 Å². The van der Waals surface area contributed by atoms with E-state index in [1.54, 1.807) is 53.4 Å². The van der Waals surface area contributed by atoms with Crippen LogP contribution in [0.25, 0.3) is 11.0 Å². The number of halogens is 2. The standard InChI is InChI=1S/C24H15BrClNO4/c25-15-8-9-19-17(11-15)22(29)20-21(13-5-3-6-16(28)10-13)27(24(30)23(20)31-19)12-14-4-1-2-7-18(14)26/h1-11,21,28H,12H2/t21-/m0/s1. The number of nitrogens with zero attached hydrogens (tertiary/aromatic N) is 1. The van der Waals surface area contributed by atoms with E-state index in [0.717, 1.165) is 10.0 Å². The number of carbonyl (C=O) groups is 1.